The molecule has 3 aromatic carbocycles. The van der Waals surface area contributed by atoms with E-state index in [1.54, 1.807) is 18.2 Å². The minimum absolute atomic E-state index is 0.0104. The number of ether oxygens (including phenoxy) is 3. The van der Waals surface area contributed by atoms with Crippen molar-refractivity contribution < 1.29 is 44.2 Å². The number of fused-ring (bicyclic) bond motifs is 1. The van der Waals surface area contributed by atoms with Crippen molar-refractivity contribution in [1.29, 1.82) is 0 Å². The Morgan fingerprint density at radius 1 is 0.868 bits per heavy atom. The van der Waals surface area contributed by atoms with Crippen LogP contribution in [0, 0.1) is 0 Å². The SMILES string of the molecule is O=c1c(-c2ccc(O[C@H]3O[C@@H](CO)[C@H](O)[C@@H](O)[C@@H]3O)cc2)coc2cc(OCc3ccccc3)cc(O)c12. The lowest BCUT2D eigenvalue weighted by Gasteiger charge is -2.39. The third kappa shape index (κ3) is 5.08. The molecule has 10 heteroatoms. The second kappa shape index (κ2) is 10.8. The first-order chi connectivity index (χ1) is 18.4. The summed E-state index contributed by atoms with van der Waals surface area (Å²) in [5.41, 5.74) is 1.35. The molecule has 0 saturated carbocycles. The van der Waals surface area contributed by atoms with Gasteiger partial charge in [-0.25, -0.2) is 0 Å². The van der Waals surface area contributed by atoms with Gasteiger partial charge in [0.05, 0.1) is 12.2 Å². The van der Waals surface area contributed by atoms with Gasteiger partial charge in [-0.15, -0.1) is 0 Å². The highest BCUT2D eigenvalue weighted by molar-refractivity contribution is 5.88. The number of rotatable bonds is 7. The van der Waals surface area contributed by atoms with Crippen molar-refractivity contribution in [1.82, 2.24) is 0 Å². The van der Waals surface area contributed by atoms with E-state index in [0.717, 1.165) is 5.56 Å². The van der Waals surface area contributed by atoms with Crippen LogP contribution < -0.4 is 14.9 Å². The fraction of sp³-hybridized carbons (Fsp3) is 0.250. The van der Waals surface area contributed by atoms with Gasteiger partial charge in [0, 0.05) is 12.1 Å². The van der Waals surface area contributed by atoms with Crippen molar-refractivity contribution in [3.8, 4) is 28.4 Å². The predicted molar refractivity (Wildman–Crippen MR) is 135 cm³/mol. The Hall–Kier alpha value is -3.93. The highest BCUT2D eigenvalue weighted by atomic mass is 16.7. The van der Waals surface area contributed by atoms with Crippen molar-refractivity contribution in [2.75, 3.05) is 6.61 Å². The maximum atomic E-state index is 13.2. The molecule has 1 aliphatic heterocycles. The van der Waals surface area contributed by atoms with Crippen molar-refractivity contribution in [2.45, 2.75) is 37.3 Å². The topological polar surface area (TPSA) is 159 Å². The average molecular weight is 523 g/mol. The Balaban J connectivity index is 1.34. The minimum atomic E-state index is -1.57. The molecule has 1 saturated heterocycles. The van der Waals surface area contributed by atoms with Gasteiger partial charge >= 0.3 is 0 Å². The fourth-order valence-corrected chi connectivity index (χ4v) is 4.24. The van der Waals surface area contributed by atoms with Gasteiger partial charge < -0.3 is 44.2 Å². The molecule has 4 aromatic rings. The molecule has 198 valence electrons. The third-order valence-electron chi connectivity index (χ3n) is 6.34. The molecule has 1 aliphatic rings. The first-order valence-electron chi connectivity index (χ1n) is 11.9. The second-order valence-electron chi connectivity index (χ2n) is 8.91. The van der Waals surface area contributed by atoms with Crippen LogP contribution in [0.2, 0.25) is 0 Å². The number of benzene rings is 3. The molecule has 2 heterocycles. The van der Waals surface area contributed by atoms with Crippen LogP contribution in [0.5, 0.6) is 17.2 Å². The number of phenolic OH excluding ortho intramolecular Hbond substituents is 1. The third-order valence-corrected chi connectivity index (χ3v) is 6.34. The minimum Gasteiger partial charge on any atom is -0.507 e. The van der Waals surface area contributed by atoms with Crippen LogP contribution in [0.4, 0.5) is 0 Å². The quantitative estimate of drug-likeness (QED) is 0.243. The highest BCUT2D eigenvalue weighted by Gasteiger charge is 2.44. The summed E-state index contributed by atoms with van der Waals surface area (Å²) in [6.45, 7) is -0.291. The molecule has 1 aromatic heterocycles. The summed E-state index contributed by atoms with van der Waals surface area (Å²) >= 11 is 0. The summed E-state index contributed by atoms with van der Waals surface area (Å²) in [5.74, 6) is 0.319. The van der Waals surface area contributed by atoms with Gasteiger partial charge in [0.25, 0.3) is 0 Å². The van der Waals surface area contributed by atoms with E-state index in [1.165, 1.54) is 24.5 Å². The molecule has 0 bridgehead atoms. The zero-order valence-corrected chi connectivity index (χ0v) is 20.0. The molecule has 5 rings (SSSR count). The maximum Gasteiger partial charge on any atom is 0.229 e. The number of aliphatic hydroxyl groups is 4. The maximum absolute atomic E-state index is 13.2. The van der Waals surface area contributed by atoms with E-state index in [9.17, 15) is 30.3 Å². The number of phenols is 1. The van der Waals surface area contributed by atoms with Gasteiger partial charge in [0.2, 0.25) is 11.7 Å². The second-order valence-corrected chi connectivity index (χ2v) is 8.91. The molecule has 38 heavy (non-hydrogen) atoms. The molecule has 0 unspecified atom stereocenters. The Morgan fingerprint density at radius 3 is 2.32 bits per heavy atom. The van der Waals surface area contributed by atoms with Crippen molar-refractivity contribution >= 4 is 11.0 Å². The number of aliphatic hydroxyl groups excluding tert-OH is 4. The lowest BCUT2D eigenvalue weighted by molar-refractivity contribution is -0.277. The van der Waals surface area contributed by atoms with Crippen LogP contribution in [0.3, 0.4) is 0 Å². The largest absolute Gasteiger partial charge is 0.507 e. The lowest BCUT2D eigenvalue weighted by atomic mass is 9.99. The van der Waals surface area contributed by atoms with E-state index >= 15 is 0 Å². The van der Waals surface area contributed by atoms with Crippen LogP contribution in [-0.4, -0.2) is 62.8 Å². The molecule has 1 fully saturated rings. The fourth-order valence-electron chi connectivity index (χ4n) is 4.24. The monoisotopic (exact) mass is 522 g/mol. The Morgan fingerprint density at radius 2 is 1.61 bits per heavy atom. The summed E-state index contributed by atoms with van der Waals surface area (Å²) in [4.78, 5) is 13.2. The summed E-state index contributed by atoms with van der Waals surface area (Å²) < 4.78 is 22.3. The number of hydrogen-bond acceptors (Lipinski definition) is 10. The van der Waals surface area contributed by atoms with Crippen molar-refractivity contribution in [2.24, 2.45) is 0 Å². The normalized spacial score (nSPS) is 23.3. The summed E-state index contributed by atoms with van der Waals surface area (Å²) in [5, 5.41) is 49.9. The molecule has 5 N–H and O–H groups in total. The molecule has 0 amide bonds. The average Bonchev–Trinajstić information content (AvgIpc) is 2.93. The lowest BCUT2D eigenvalue weighted by Crippen LogP contribution is -2.60. The molecule has 5 atom stereocenters. The van der Waals surface area contributed by atoms with E-state index in [4.69, 9.17) is 18.6 Å². The molecule has 0 spiro atoms. The van der Waals surface area contributed by atoms with Crippen molar-refractivity contribution in [3.63, 3.8) is 0 Å². The van der Waals surface area contributed by atoms with Gasteiger partial charge in [-0.3, -0.25) is 4.79 Å². The van der Waals surface area contributed by atoms with Crippen LogP contribution in [-0.2, 0) is 11.3 Å². The van der Waals surface area contributed by atoms with Gasteiger partial charge in [0.1, 0.15) is 65.5 Å². The summed E-state index contributed by atoms with van der Waals surface area (Å²) in [6, 6.07) is 18.6. The Labute approximate surface area is 216 Å². The molecular weight excluding hydrogens is 496 g/mol. The highest BCUT2D eigenvalue weighted by Crippen LogP contribution is 2.32. The van der Waals surface area contributed by atoms with E-state index < -0.39 is 42.7 Å². The van der Waals surface area contributed by atoms with Crippen molar-refractivity contribution in [3.05, 3.63) is 88.8 Å². The number of hydrogen-bond donors (Lipinski definition) is 5. The van der Waals surface area contributed by atoms with Crippen LogP contribution >= 0.6 is 0 Å². The van der Waals surface area contributed by atoms with Gasteiger partial charge in [-0.1, -0.05) is 42.5 Å². The zero-order valence-electron chi connectivity index (χ0n) is 20.0. The standard InChI is InChI=1S/C28H26O10/c29-12-22-25(32)26(33)27(34)28(38-22)37-17-8-6-16(7-9-17)19-14-36-21-11-18(10-20(30)23(21)24(19)31)35-13-15-4-2-1-3-5-15/h1-11,14,22,25-30,32-34H,12-13H2/t22-,25-,26+,27-,28-/m0/s1. The molecular formula is C28H26O10. The van der Waals surface area contributed by atoms with E-state index in [0.29, 0.717) is 11.3 Å². The summed E-state index contributed by atoms with van der Waals surface area (Å²) in [6.07, 6.45) is -5.76. The van der Waals surface area contributed by atoms with E-state index in [2.05, 4.69) is 0 Å². The Bertz CT molecular complexity index is 1450. The Kier molecular flexibility index (Phi) is 7.32. The van der Waals surface area contributed by atoms with Gasteiger partial charge in [0.15, 0.2) is 0 Å². The summed E-state index contributed by atoms with van der Waals surface area (Å²) in [7, 11) is 0. The zero-order chi connectivity index (χ0) is 26.8. The van der Waals surface area contributed by atoms with Crippen LogP contribution in [0.15, 0.2) is 82.2 Å². The van der Waals surface area contributed by atoms with E-state index in [1.807, 2.05) is 30.3 Å². The molecule has 0 aliphatic carbocycles. The van der Waals surface area contributed by atoms with Crippen LogP contribution in [0.25, 0.3) is 22.1 Å². The van der Waals surface area contributed by atoms with Gasteiger partial charge in [-0.05, 0) is 23.3 Å². The van der Waals surface area contributed by atoms with Gasteiger partial charge in [-0.2, -0.15) is 0 Å². The van der Waals surface area contributed by atoms with E-state index in [-0.39, 0.29) is 34.6 Å². The molecule has 0 radical (unpaired) electrons. The first kappa shape index (κ1) is 25.7. The predicted octanol–water partition coefficient (Wildman–Crippen LogP) is 1.92. The van der Waals surface area contributed by atoms with Crippen LogP contribution in [0.1, 0.15) is 5.56 Å². The first-order valence-corrected chi connectivity index (χ1v) is 11.9. The number of aromatic hydroxyl groups is 1. The smallest absolute Gasteiger partial charge is 0.229 e. The molecule has 10 nitrogen and oxygen atoms in total.